The van der Waals surface area contributed by atoms with Crippen LogP contribution in [0.3, 0.4) is 0 Å². The van der Waals surface area contributed by atoms with Crippen molar-refractivity contribution in [3.05, 3.63) is 29.6 Å². The number of piperidine rings is 1. The topological polar surface area (TPSA) is 39.1 Å². The second-order valence-corrected chi connectivity index (χ2v) is 5.82. The lowest BCUT2D eigenvalue weighted by atomic mass is 10.0. The number of nitriles is 1. The maximum Gasteiger partial charge on any atom is 0.124 e. The lowest BCUT2D eigenvalue weighted by Crippen LogP contribution is -2.38. The minimum Gasteiger partial charge on any atom is -0.384 e. The van der Waals surface area contributed by atoms with E-state index in [1.54, 1.807) is 6.07 Å². The van der Waals surface area contributed by atoms with Gasteiger partial charge in [-0.05, 0) is 63.9 Å². The Labute approximate surface area is 126 Å². The number of nitrogens with one attached hydrogen (secondary N) is 1. The highest BCUT2D eigenvalue weighted by Gasteiger charge is 2.16. The lowest BCUT2D eigenvalue weighted by molar-refractivity contribution is 0.158. The molecule has 0 aliphatic carbocycles. The summed E-state index contributed by atoms with van der Waals surface area (Å²) in [6.45, 7) is 5.51. The summed E-state index contributed by atoms with van der Waals surface area (Å²) in [6.07, 6.45) is 6.22. The second kappa shape index (κ2) is 7.99. The van der Waals surface area contributed by atoms with Crippen LogP contribution in [0.1, 0.15) is 44.6 Å². The van der Waals surface area contributed by atoms with Crippen LogP contribution in [0.15, 0.2) is 18.2 Å². The molecule has 1 unspecified atom stereocenters. The number of unbranched alkanes of at least 4 members (excludes halogenated alkanes) is 1. The Kier molecular flexibility index (Phi) is 6.01. The summed E-state index contributed by atoms with van der Waals surface area (Å²) in [5, 5.41) is 12.2. The van der Waals surface area contributed by atoms with Gasteiger partial charge < -0.3 is 10.2 Å². The Morgan fingerprint density at radius 2 is 2.24 bits per heavy atom. The van der Waals surface area contributed by atoms with Gasteiger partial charge in [0.1, 0.15) is 11.9 Å². The monoisotopic (exact) mass is 289 g/mol. The quantitative estimate of drug-likeness (QED) is 0.810. The first-order chi connectivity index (χ1) is 10.2. The molecule has 1 saturated heterocycles. The van der Waals surface area contributed by atoms with Crippen molar-refractivity contribution in [1.29, 1.82) is 5.26 Å². The van der Waals surface area contributed by atoms with Crippen molar-refractivity contribution in [1.82, 2.24) is 4.90 Å². The zero-order valence-electron chi connectivity index (χ0n) is 12.7. The van der Waals surface area contributed by atoms with E-state index in [1.165, 1.54) is 37.9 Å². The normalized spacial score (nSPS) is 19.2. The largest absolute Gasteiger partial charge is 0.384 e. The van der Waals surface area contributed by atoms with Crippen LogP contribution < -0.4 is 5.32 Å². The molecule has 0 saturated carbocycles. The molecule has 0 aromatic heterocycles. The standard InChI is InChI=1S/C17H24FN3/c1-14-6-2-4-10-21(14)11-5-3-9-20-17-8-7-16(18)12-15(17)13-19/h7-8,12,14,20H,2-6,9-11H2,1H3. The molecule has 0 amide bonds. The zero-order chi connectivity index (χ0) is 15.1. The molecule has 1 N–H and O–H groups in total. The van der Waals surface area contributed by atoms with Crippen molar-refractivity contribution < 1.29 is 4.39 Å². The van der Waals surface area contributed by atoms with Crippen molar-refractivity contribution in [2.24, 2.45) is 0 Å². The van der Waals surface area contributed by atoms with E-state index in [0.29, 0.717) is 11.6 Å². The summed E-state index contributed by atoms with van der Waals surface area (Å²) in [7, 11) is 0. The number of nitrogens with zero attached hydrogens (tertiary/aromatic N) is 2. The fraction of sp³-hybridized carbons (Fsp3) is 0.588. The van der Waals surface area contributed by atoms with Gasteiger partial charge in [0, 0.05) is 12.6 Å². The van der Waals surface area contributed by atoms with Gasteiger partial charge in [0.05, 0.1) is 11.3 Å². The molecule has 21 heavy (non-hydrogen) atoms. The Bertz CT molecular complexity index is 495. The molecule has 1 aromatic carbocycles. The minimum atomic E-state index is -0.365. The van der Waals surface area contributed by atoms with E-state index in [9.17, 15) is 4.39 Å². The molecule has 0 radical (unpaired) electrons. The molecule has 1 fully saturated rings. The third-order valence-corrected chi connectivity index (χ3v) is 4.23. The summed E-state index contributed by atoms with van der Waals surface area (Å²) in [6, 6.07) is 7.04. The second-order valence-electron chi connectivity index (χ2n) is 5.82. The number of rotatable bonds is 6. The van der Waals surface area contributed by atoms with E-state index in [-0.39, 0.29) is 5.82 Å². The van der Waals surface area contributed by atoms with Gasteiger partial charge in [0.15, 0.2) is 0 Å². The van der Waals surface area contributed by atoms with Crippen LogP contribution in [-0.4, -0.2) is 30.6 Å². The zero-order valence-corrected chi connectivity index (χ0v) is 12.7. The Morgan fingerprint density at radius 1 is 1.38 bits per heavy atom. The van der Waals surface area contributed by atoms with Crippen LogP contribution in [0.5, 0.6) is 0 Å². The number of likely N-dealkylation sites (tertiary alicyclic amines) is 1. The van der Waals surface area contributed by atoms with Crippen molar-refractivity contribution in [3.63, 3.8) is 0 Å². The molecule has 0 spiro atoms. The summed E-state index contributed by atoms with van der Waals surface area (Å²) in [5.74, 6) is -0.365. The number of anilines is 1. The number of benzene rings is 1. The molecule has 3 nitrogen and oxygen atoms in total. The average Bonchev–Trinajstić information content (AvgIpc) is 2.50. The third-order valence-electron chi connectivity index (χ3n) is 4.23. The molecular formula is C17H24FN3. The van der Waals surface area contributed by atoms with Gasteiger partial charge in [-0.2, -0.15) is 5.26 Å². The van der Waals surface area contributed by atoms with Gasteiger partial charge in [-0.3, -0.25) is 0 Å². The van der Waals surface area contributed by atoms with Crippen molar-refractivity contribution in [3.8, 4) is 6.07 Å². The predicted octanol–water partition coefficient (Wildman–Crippen LogP) is 3.76. The van der Waals surface area contributed by atoms with Crippen LogP contribution in [0, 0.1) is 17.1 Å². The first-order valence-corrected chi connectivity index (χ1v) is 7.88. The molecule has 0 bridgehead atoms. The minimum absolute atomic E-state index is 0.365. The maximum atomic E-state index is 13.0. The highest BCUT2D eigenvalue weighted by Crippen LogP contribution is 2.18. The van der Waals surface area contributed by atoms with Gasteiger partial charge >= 0.3 is 0 Å². The van der Waals surface area contributed by atoms with Crippen LogP contribution in [0.4, 0.5) is 10.1 Å². The number of hydrogen-bond donors (Lipinski definition) is 1. The molecule has 1 atom stereocenters. The Hall–Kier alpha value is -1.60. The predicted molar refractivity (Wildman–Crippen MR) is 83.7 cm³/mol. The van der Waals surface area contributed by atoms with Crippen molar-refractivity contribution in [2.45, 2.75) is 45.1 Å². The van der Waals surface area contributed by atoms with Gasteiger partial charge in [0.2, 0.25) is 0 Å². The first kappa shape index (κ1) is 15.8. The van der Waals surface area contributed by atoms with E-state index in [1.807, 2.05) is 6.07 Å². The van der Waals surface area contributed by atoms with E-state index in [0.717, 1.165) is 31.6 Å². The van der Waals surface area contributed by atoms with E-state index >= 15 is 0 Å². The number of hydrogen-bond acceptors (Lipinski definition) is 3. The molecule has 2 rings (SSSR count). The molecule has 1 heterocycles. The first-order valence-electron chi connectivity index (χ1n) is 7.88. The van der Waals surface area contributed by atoms with Gasteiger partial charge in [-0.1, -0.05) is 6.42 Å². The summed E-state index contributed by atoms with van der Waals surface area (Å²) in [5.41, 5.74) is 1.10. The van der Waals surface area contributed by atoms with Gasteiger partial charge in [-0.25, -0.2) is 4.39 Å². The molecule has 114 valence electrons. The fourth-order valence-electron chi connectivity index (χ4n) is 2.92. The van der Waals surface area contributed by atoms with Crippen LogP contribution in [-0.2, 0) is 0 Å². The lowest BCUT2D eigenvalue weighted by Gasteiger charge is -2.33. The summed E-state index contributed by atoms with van der Waals surface area (Å²) >= 11 is 0. The van der Waals surface area contributed by atoms with Crippen molar-refractivity contribution in [2.75, 3.05) is 25.0 Å². The molecule has 4 heteroatoms. The van der Waals surface area contributed by atoms with Gasteiger partial charge in [0.25, 0.3) is 0 Å². The van der Waals surface area contributed by atoms with Crippen LogP contribution in [0.25, 0.3) is 0 Å². The summed E-state index contributed by atoms with van der Waals surface area (Å²) in [4.78, 5) is 2.57. The Morgan fingerprint density at radius 3 is 3.00 bits per heavy atom. The smallest absolute Gasteiger partial charge is 0.124 e. The third kappa shape index (κ3) is 4.71. The average molecular weight is 289 g/mol. The summed E-state index contributed by atoms with van der Waals surface area (Å²) < 4.78 is 13.0. The molecule has 1 aliphatic heterocycles. The van der Waals surface area contributed by atoms with Crippen LogP contribution >= 0.6 is 0 Å². The molecule has 1 aromatic rings. The molecule has 1 aliphatic rings. The highest BCUT2D eigenvalue weighted by atomic mass is 19.1. The van der Waals surface area contributed by atoms with Gasteiger partial charge in [-0.15, -0.1) is 0 Å². The SMILES string of the molecule is CC1CCCCN1CCCCNc1ccc(F)cc1C#N. The highest BCUT2D eigenvalue weighted by molar-refractivity contribution is 5.57. The fourth-order valence-corrected chi connectivity index (χ4v) is 2.92. The van der Waals surface area contributed by atoms with Crippen LogP contribution in [0.2, 0.25) is 0 Å². The van der Waals surface area contributed by atoms with E-state index in [2.05, 4.69) is 17.1 Å². The molecular weight excluding hydrogens is 265 g/mol. The number of halogens is 1. The van der Waals surface area contributed by atoms with Crippen molar-refractivity contribution >= 4 is 5.69 Å². The Balaban J connectivity index is 1.69. The maximum absolute atomic E-state index is 13.0. The van der Waals surface area contributed by atoms with E-state index < -0.39 is 0 Å². The van der Waals surface area contributed by atoms with E-state index in [4.69, 9.17) is 5.26 Å².